The minimum absolute atomic E-state index is 0.381. The third kappa shape index (κ3) is 3.06. The Bertz CT molecular complexity index is 460. The molecule has 108 valence electrons. The lowest BCUT2D eigenvalue weighted by Crippen LogP contribution is -2.32. The van der Waals surface area contributed by atoms with Gasteiger partial charge in [-0.3, -0.25) is 0 Å². The molecule has 1 aromatic carbocycles. The van der Waals surface area contributed by atoms with Crippen molar-refractivity contribution in [3.05, 3.63) is 21.2 Å². The molecule has 0 aliphatic heterocycles. The molecule has 0 spiro atoms. The van der Waals surface area contributed by atoms with Gasteiger partial charge in [0.1, 0.15) is 5.75 Å². The molecular weight excluding hydrogens is 304 g/mol. The number of rotatable bonds is 5. The molecule has 4 heteroatoms. The molecule has 0 bridgehead atoms. The van der Waals surface area contributed by atoms with Gasteiger partial charge in [-0.05, 0) is 57.4 Å². The Kier molecular flexibility index (Phi) is 5.68. The molecule has 0 radical (unpaired) electrons. The fourth-order valence-corrected chi connectivity index (χ4v) is 2.88. The summed E-state index contributed by atoms with van der Waals surface area (Å²) in [7, 11) is 3.84. The Morgan fingerprint density at radius 2 is 1.79 bits per heavy atom. The second-order valence-electron chi connectivity index (χ2n) is 5.11. The van der Waals surface area contributed by atoms with Gasteiger partial charge in [-0.25, -0.2) is 0 Å². The van der Waals surface area contributed by atoms with Gasteiger partial charge in [-0.2, -0.15) is 0 Å². The van der Waals surface area contributed by atoms with E-state index in [0.29, 0.717) is 12.6 Å². The zero-order valence-electron chi connectivity index (χ0n) is 12.8. The van der Waals surface area contributed by atoms with Crippen LogP contribution in [0.3, 0.4) is 0 Å². The van der Waals surface area contributed by atoms with E-state index < -0.39 is 0 Å². The van der Waals surface area contributed by atoms with E-state index in [9.17, 15) is 0 Å². The van der Waals surface area contributed by atoms with Crippen LogP contribution in [0.2, 0.25) is 0 Å². The summed E-state index contributed by atoms with van der Waals surface area (Å²) >= 11 is 3.69. The first-order valence-corrected chi connectivity index (χ1v) is 7.42. The van der Waals surface area contributed by atoms with Crippen molar-refractivity contribution in [2.75, 3.05) is 25.6 Å². The number of halogens is 1. The number of benzene rings is 1. The molecule has 0 saturated carbocycles. The molecular formula is C15H25BrN2O. The maximum atomic E-state index is 5.67. The highest BCUT2D eigenvalue weighted by atomic mass is 79.9. The first-order valence-electron chi connectivity index (χ1n) is 6.62. The molecule has 1 aromatic rings. The number of anilines is 1. The Labute approximate surface area is 125 Å². The van der Waals surface area contributed by atoms with Crippen LogP contribution >= 0.6 is 15.9 Å². The second-order valence-corrected chi connectivity index (χ2v) is 5.90. The van der Waals surface area contributed by atoms with Crippen LogP contribution in [-0.4, -0.2) is 26.7 Å². The standard InChI is InChI=1S/C15H25BrN2O/c1-9(7-8-17)18(5)14-12(4)13(16)10(2)11(3)15(14)19-6/h9H,7-8,17H2,1-6H3. The van der Waals surface area contributed by atoms with Crippen molar-refractivity contribution >= 4 is 21.6 Å². The van der Waals surface area contributed by atoms with Crippen molar-refractivity contribution in [1.82, 2.24) is 0 Å². The van der Waals surface area contributed by atoms with Crippen molar-refractivity contribution in [2.45, 2.75) is 40.2 Å². The Balaban J connectivity index is 3.41. The largest absolute Gasteiger partial charge is 0.494 e. The lowest BCUT2D eigenvalue weighted by Gasteiger charge is -2.31. The summed E-state index contributed by atoms with van der Waals surface area (Å²) in [4.78, 5) is 2.26. The van der Waals surface area contributed by atoms with Gasteiger partial charge in [0.25, 0.3) is 0 Å². The van der Waals surface area contributed by atoms with Crippen LogP contribution < -0.4 is 15.4 Å². The first kappa shape index (κ1) is 16.3. The average molecular weight is 329 g/mol. The molecule has 0 aliphatic carbocycles. The molecule has 0 amide bonds. The van der Waals surface area contributed by atoms with Crippen molar-refractivity contribution in [1.29, 1.82) is 0 Å². The van der Waals surface area contributed by atoms with E-state index in [1.165, 1.54) is 16.7 Å². The zero-order chi connectivity index (χ0) is 14.7. The van der Waals surface area contributed by atoms with Crippen molar-refractivity contribution < 1.29 is 4.74 Å². The Hall–Kier alpha value is -0.740. The van der Waals surface area contributed by atoms with Crippen LogP contribution in [-0.2, 0) is 0 Å². The molecule has 1 rings (SSSR count). The zero-order valence-corrected chi connectivity index (χ0v) is 14.4. The van der Waals surface area contributed by atoms with Crippen LogP contribution in [0, 0.1) is 20.8 Å². The van der Waals surface area contributed by atoms with Crippen LogP contribution in [0.1, 0.15) is 30.0 Å². The monoisotopic (exact) mass is 328 g/mol. The fraction of sp³-hybridized carbons (Fsp3) is 0.600. The van der Waals surface area contributed by atoms with E-state index in [0.717, 1.165) is 22.3 Å². The molecule has 3 nitrogen and oxygen atoms in total. The van der Waals surface area contributed by atoms with E-state index in [-0.39, 0.29) is 0 Å². The molecule has 0 aromatic heterocycles. The maximum absolute atomic E-state index is 5.67. The van der Waals surface area contributed by atoms with Crippen LogP contribution in [0.5, 0.6) is 5.75 Å². The molecule has 1 unspecified atom stereocenters. The number of nitrogens with two attached hydrogens (primary N) is 1. The summed E-state index contributed by atoms with van der Waals surface area (Å²) in [5, 5.41) is 0. The van der Waals surface area contributed by atoms with Gasteiger partial charge in [0.05, 0.1) is 12.8 Å². The first-order chi connectivity index (χ1) is 8.86. The molecule has 0 aliphatic rings. The van der Waals surface area contributed by atoms with Crippen molar-refractivity contribution in [2.24, 2.45) is 5.73 Å². The quantitative estimate of drug-likeness (QED) is 0.898. The van der Waals surface area contributed by atoms with Crippen LogP contribution in [0.4, 0.5) is 5.69 Å². The van der Waals surface area contributed by atoms with Gasteiger partial charge < -0.3 is 15.4 Å². The van der Waals surface area contributed by atoms with Gasteiger partial charge in [0, 0.05) is 17.6 Å². The second kappa shape index (κ2) is 6.62. The third-order valence-corrected chi connectivity index (χ3v) is 5.12. The Morgan fingerprint density at radius 3 is 2.26 bits per heavy atom. The smallest absolute Gasteiger partial charge is 0.145 e. The van der Waals surface area contributed by atoms with Crippen molar-refractivity contribution in [3.63, 3.8) is 0 Å². The lowest BCUT2D eigenvalue weighted by atomic mass is 10.0. The SMILES string of the molecule is COc1c(C)c(C)c(Br)c(C)c1N(C)C(C)CCN. The number of nitrogens with zero attached hydrogens (tertiary/aromatic N) is 1. The number of methoxy groups -OCH3 is 1. The van der Waals surface area contributed by atoms with E-state index in [4.69, 9.17) is 10.5 Å². The summed E-state index contributed by atoms with van der Waals surface area (Å²) in [6.07, 6.45) is 0.962. The fourth-order valence-electron chi connectivity index (χ4n) is 2.40. The highest BCUT2D eigenvalue weighted by Gasteiger charge is 2.22. The lowest BCUT2D eigenvalue weighted by molar-refractivity contribution is 0.409. The average Bonchev–Trinajstić information content (AvgIpc) is 2.39. The molecule has 0 heterocycles. The predicted octanol–water partition coefficient (Wildman–Crippen LogP) is 3.56. The minimum atomic E-state index is 0.381. The topological polar surface area (TPSA) is 38.5 Å². The normalized spacial score (nSPS) is 12.4. The highest BCUT2D eigenvalue weighted by molar-refractivity contribution is 9.10. The van der Waals surface area contributed by atoms with Crippen LogP contribution in [0.25, 0.3) is 0 Å². The number of hydrogen-bond donors (Lipinski definition) is 1. The molecule has 1 atom stereocenters. The summed E-state index contributed by atoms with van der Waals surface area (Å²) < 4.78 is 6.81. The summed E-state index contributed by atoms with van der Waals surface area (Å²) in [5.41, 5.74) is 10.5. The highest BCUT2D eigenvalue weighted by Crippen LogP contribution is 2.42. The number of hydrogen-bond acceptors (Lipinski definition) is 3. The van der Waals surface area contributed by atoms with Gasteiger partial charge in [0.2, 0.25) is 0 Å². The van der Waals surface area contributed by atoms with Crippen LogP contribution in [0.15, 0.2) is 4.47 Å². The van der Waals surface area contributed by atoms with E-state index in [1.807, 2.05) is 0 Å². The summed E-state index contributed by atoms with van der Waals surface area (Å²) in [6, 6.07) is 0.381. The minimum Gasteiger partial charge on any atom is -0.494 e. The van der Waals surface area contributed by atoms with Crippen molar-refractivity contribution in [3.8, 4) is 5.75 Å². The molecule has 19 heavy (non-hydrogen) atoms. The van der Waals surface area contributed by atoms with Gasteiger partial charge >= 0.3 is 0 Å². The summed E-state index contributed by atoms with van der Waals surface area (Å²) in [5.74, 6) is 0.963. The van der Waals surface area contributed by atoms with Gasteiger partial charge in [-0.1, -0.05) is 15.9 Å². The predicted molar refractivity (Wildman–Crippen MR) is 86.4 cm³/mol. The molecule has 0 fully saturated rings. The Morgan fingerprint density at radius 1 is 1.21 bits per heavy atom. The van der Waals surface area contributed by atoms with E-state index in [2.05, 4.69) is 55.6 Å². The van der Waals surface area contributed by atoms with Gasteiger partial charge in [-0.15, -0.1) is 0 Å². The molecule has 0 saturated heterocycles. The van der Waals surface area contributed by atoms with E-state index in [1.54, 1.807) is 7.11 Å². The maximum Gasteiger partial charge on any atom is 0.145 e. The third-order valence-electron chi connectivity index (χ3n) is 3.93. The molecule has 2 N–H and O–H groups in total. The van der Waals surface area contributed by atoms with Gasteiger partial charge in [0.15, 0.2) is 0 Å². The van der Waals surface area contributed by atoms with E-state index >= 15 is 0 Å². The number of ether oxygens (including phenoxy) is 1. The summed E-state index contributed by atoms with van der Waals surface area (Å²) in [6.45, 7) is 9.22.